The van der Waals surface area contributed by atoms with E-state index in [0.29, 0.717) is 56.2 Å². The zero-order valence-electron chi connectivity index (χ0n) is 44.3. The molecule has 0 atom stereocenters. The number of para-hydroxylation sites is 2. The molecule has 0 bridgehead atoms. The second-order valence-corrected chi connectivity index (χ2v) is 19.5. The number of phenolic OH excluding ortho intramolecular Hbond substituents is 1. The minimum Gasteiger partial charge on any atom is -0.507 e. The Morgan fingerprint density at radius 2 is 1.29 bits per heavy atom. The molecule has 0 radical (unpaired) electrons. The first kappa shape index (κ1) is 61.8. The van der Waals surface area contributed by atoms with Crippen LogP contribution in [-0.2, 0) is 35.2 Å². The van der Waals surface area contributed by atoms with Gasteiger partial charge in [0.25, 0.3) is 5.56 Å². The van der Waals surface area contributed by atoms with Crippen molar-refractivity contribution < 1.29 is 55.0 Å². The van der Waals surface area contributed by atoms with E-state index < -0.39 is 34.9 Å². The number of aromatic amines is 1. The van der Waals surface area contributed by atoms with E-state index in [1.54, 1.807) is 48.8 Å². The number of hydrogen-bond donors (Lipinski definition) is 5. The summed E-state index contributed by atoms with van der Waals surface area (Å²) in [5, 5.41) is 22.0. The molecule has 2 aliphatic carbocycles. The van der Waals surface area contributed by atoms with Crippen molar-refractivity contribution in [3.63, 3.8) is 0 Å². The average Bonchev–Trinajstić information content (AvgIpc) is 2.51. The average molecular weight is 1210 g/mol. The molecular weight excluding hydrogens is 1170 g/mol. The van der Waals surface area contributed by atoms with Gasteiger partial charge in [0.15, 0.2) is 11.6 Å². The van der Waals surface area contributed by atoms with E-state index in [4.69, 9.17) is 44.2 Å². The van der Waals surface area contributed by atoms with Crippen LogP contribution in [-0.4, -0.2) is 47.9 Å². The number of ketones is 2. The van der Waals surface area contributed by atoms with Gasteiger partial charge < -0.3 is 35.5 Å². The van der Waals surface area contributed by atoms with Crippen LogP contribution in [0.2, 0.25) is 10.0 Å². The molecule has 7 N–H and O–H groups in total. The summed E-state index contributed by atoms with van der Waals surface area (Å²) in [6.07, 6.45) is -1.26. The van der Waals surface area contributed by atoms with E-state index in [2.05, 4.69) is 24.4 Å². The number of nitrogens with two attached hydrogens (primary N) is 2. The molecule has 11 aromatic rings. The molecule has 0 fully saturated rings. The zero-order chi connectivity index (χ0) is 61.9. The maximum Gasteiger partial charge on any atom is 0.417 e. The lowest BCUT2D eigenvalue weighted by Gasteiger charge is -2.21. The first-order valence-electron chi connectivity index (χ1n) is 25.3. The van der Waals surface area contributed by atoms with Gasteiger partial charge in [-0.1, -0.05) is 96.0 Å². The number of phenols is 1. The van der Waals surface area contributed by atoms with Crippen molar-refractivity contribution in [1.82, 2.24) is 19.9 Å². The minimum atomic E-state index is -4.60. The Morgan fingerprint density at radius 3 is 2.03 bits per heavy atom. The molecule has 0 saturated heterocycles. The number of alkyl halides is 6. The number of aromatic nitrogens is 4. The molecule has 0 amide bonds. The number of anilines is 2. The molecule has 4 heterocycles. The third-order valence-electron chi connectivity index (χ3n) is 12.6. The van der Waals surface area contributed by atoms with Crippen molar-refractivity contribution in [2.24, 2.45) is 0 Å². The van der Waals surface area contributed by atoms with Crippen LogP contribution in [0.4, 0.5) is 37.7 Å². The van der Waals surface area contributed by atoms with Gasteiger partial charge in [0.2, 0.25) is 0 Å². The SMILES string of the molecule is Nc1cc2c(cc1CO)CC(=O)C=C2C(F)(F)F.Nc1ccc2c(C(F)(F)F)cc(=O)oc2c1.O=C1C=Cc2ccccc2C1.O=c1[nH]c(-c2cc(Cl)ccc2O)nc2ccc(Cl)cc12.O=c1ccc2ccccc2o1.c1ccc2ncncc2c1. The number of allylic oxidation sites excluding steroid dienone is 3. The van der Waals surface area contributed by atoms with Crippen LogP contribution in [0.15, 0.2) is 206 Å². The van der Waals surface area contributed by atoms with Crippen molar-refractivity contribution in [2.75, 3.05) is 11.5 Å². The van der Waals surface area contributed by atoms with Crippen LogP contribution < -0.4 is 28.3 Å². The number of nitrogens with one attached hydrogen (secondary N) is 1. The molecule has 4 aromatic heterocycles. The number of carbonyl (C=O) groups is 2. The van der Waals surface area contributed by atoms with E-state index in [9.17, 15) is 55.4 Å². The van der Waals surface area contributed by atoms with Gasteiger partial charge in [-0.05, 0) is 107 Å². The van der Waals surface area contributed by atoms with Crippen molar-refractivity contribution >= 4 is 102 Å². The highest BCUT2D eigenvalue weighted by atomic mass is 35.5. The topological polar surface area (TPSA) is 259 Å². The summed E-state index contributed by atoms with van der Waals surface area (Å²) in [4.78, 5) is 70.9. The van der Waals surface area contributed by atoms with Gasteiger partial charge >= 0.3 is 23.6 Å². The van der Waals surface area contributed by atoms with Crippen LogP contribution in [0.1, 0.15) is 33.4 Å². The summed E-state index contributed by atoms with van der Waals surface area (Å²) >= 11 is 11.8. The summed E-state index contributed by atoms with van der Waals surface area (Å²) in [6.45, 7) is -0.377. The lowest BCUT2D eigenvalue weighted by molar-refractivity contribution is -0.136. The smallest absolute Gasteiger partial charge is 0.417 e. The molecule has 23 heteroatoms. The molecule has 2 aliphatic rings. The first-order chi connectivity index (χ1) is 40.9. The van der Waals surface area contributed by atoms with E-state index in [1.165, 1.54) is 48.0 Å². The Labute approximate surface area is 491 Å². The van der Waals surface area contributed by atoms with Crippen LogP contribution >= 0.6 is 23.2 Å². The summed E-state index contributed by atoms with van der Waals surface area (Å²) < 4.78 is 85.7. The number of halogens is 8. The molecule has 13 rings (SSSR count). The number of nitrogens with zero attached hydrogens (tertiary/aromatic N) is 3. The molecule has 436 valence electrons. The van der Waals surface area contributed by atoms with Crippen molar-refractivity contribution in [1.29, 1.82) is 0 Å². The molecule has 7 aromatic carbocycles. The second kappa shape index (κ2) is 27.0. The fourth-order valence-corrected chi connectivity index (χ4v) is 8.87. The molecular formula is C63H44Cl2F6N6O9. The highest BCUT2D eigenvalue weighted by Gasteiger charge is 2.39. The zero-order valence-corrected chi connectivity index (χ0v) is 45.8. The maximum absolute atomic E-state index is 12.8. The number of nitrogen functional groups attached to an aromatic ring is 2. The van der Waals surface area contributed by atoms with Crippen LogP contribution in [0.3, 0.4) is 0 Å². The van der Waals surface area contributed by atoms with Crippen molar-refractivity contribution in [3.8, 4) is 17.1 Å². The summed E-state index contributed by atoms with van der Waals surface area (Å²) in [7, 11) is 0. The van der Waals surface area contributed by atoms with E-state index in [0.717, 1.165) is 27.9 Å². The van der Waals surface area contributed by atoms with E-state index in [-0.39, 0.29) is 75.0 Å². The predicted molar refractivity (Wildman–Crippen MR) is 317 cm³/mol. The number of aliphatic hydroxyl groups excluding tert-OH is 1. The molecule has 15 nitrogen and oxygen atoms in total. The molecule has 0 saturated carbocycles. The summed E-state index contributed by atoms with van der Waals surface area (Å²) in [5.74, 6) is -0.164. The normalized spacial score (nSPS) is 12.3. The molecule has 0 aliphatic heterocycles. The van der Waals surface area contributed by atoms with Gasteiger partial charge in [0.05, 0.1) is 39.7 Å². The number of aromatic hydroxyl groups is 1. The van der Waals surface area contributed by atoms with Gasteiger partial charge in [0, 0.05) is 80.4 Å². The van der Waals surface area contributed by atoms with Gasteiger partial charge in [-0.25, -0.2) is 24.5 Å². The summed E-state index contributed by atoms with van der Waals surface area (Å²) in [5.41, 5.74) is 12.7. The Hall–Kier alpha value is -10.2. The largest absolute Gasteiger partial charge is 0.507 e. The van der Waals surface area contributed by atoms with Crippen molar-refractivity contribution in [3.05, 3.63) is 257 Å². The molecule has 0 unspecified atom stereocenters. The number of aliphatic hydroxyl groups is 1. The van der Waals surface area contributed by atoms with Crippen LogP contribution in [0.5, 0.6) is 5.75 Å². The fraction of sp³-hybridized carbons (Fsp3) is 0.0794. The Morgan fingerprint density at radius 1 is 0.605 bits per heavy atom. The lowest BCUT2D eigenvalue weighted by Crippen LogP contribution is -2.20. The van der Waals surface area contributed by atoms with Crippen molar-refractivity contribution in [2.45, 2.75) is 31.8 Å². The number of carbonyl (C=O) groups excluding carboxylic acids is 2. The highest BCUT2D eigenvalue weighted by molar-refractivity contribution is 6.31. The Bertz CT molecular complexity index is 4540. The molecule has 0 spiro atoms. The van der Waals surface area contributed by atoms with Crippen LogP contribution in [0, 0.1) is 0 Å². The van der Waals surface area contributed by atoms with Gasteiger partial charge in [-0.3, -0.25) is 14.4 Å². The van der Waals surface area contributed by atoms with Crippen LogP contribution in [0.25, 0.3) is 66.8 Å². The predicted octanol–water partition coefficient (Wildman–Crippen LogP) is 13.1. The number of fused-ring (bicyclic) bond motifs is 6. The fourth-order valence-electron chi connectivity index (χ4n) is 8.53. The third-order valence-corrected chi connectivity index (χ3v) is 13.0. The third kappa shape index (κ3) is 15.9. The van der Waals surface area contributed by atoms with E-state index >= 15 is 0 Å². The monoisotopic (exact) mass is 1210 g/mol. The first-order valence-corrected chi connectivity index (χ1v) is 26.1. The number of benzene rings is 7. The maximum atomic E-state index is 12.8. The van der Waals surface area contributed by atoms with Gasteiger partial charge in [-0.15, -0.1) is 0 Å². The number of hydrogen-bond acceptors (Lipinski definition) is 14. The standard InChI is InChI=1S/C14H8Cl2N2O2.C12H10F3NO2.C10H6F3NO2.C10H8O.C9H6O2.C8H6N2/c15-7-1-3-11-9(5-7)14(20)18-13(17-11)10-6-8(16)2-4-12(10)19;13-12(14,15)10-3-8(18)2-6-1-7(5-17)11(16)4-9(6)10;11-10(12,13)7-4-9(15)16-8-3-5(14)1-2-6(7)8;11-10-6-5-8-3-1-2-4-9(8)7-10;10-9-6-5-7-3-1-2-4-8(7)11-9;1-2-4-8-7(3-1)5-9-6-10-8/h1-6,19H,(H,17,18,20);1,3-4,17H,2,5,16H2;1-4H,14H2;1-6H,7H2;1-6H;1-6H. The Kier molecular flexibility index (Phi) is 19.4. The second-order valence-electron chi connectivity index (χ2n) is 18.6. The van der Waals surface area contributed by atoms with Gasteiger partial charge in [-0.2, -0.15) is 26.3 Å². The molecule has 86 heavy (non-hydrogen) atoms. The number of H-pyrrole nitrogens is 1. The van der Waals surface area contributed by atoms with E-state index in [1.807, 2.05) is 79.0 Å². The van der Waals surface area contributed by atoms with Gasteiger partial charge in [0.1, 0.15) is 29.1 Å². The Balaban J connectivity index is 0.000000136. The number of rotatable bonds is 2. The lowest BCUT2D eigenvalue weighted by atomic mass is 9.88. The highest BCUT2D eigenvalue weighted by Crippen LogP contribution is 2.40. The quantitative estimate of drug-likeness (QED) is 0.0613. The minimum absolute atomic E-state index is 0.00846. The summed E-state index contributed by atoms with van der Waals surface area (Å²) in [6, 6.07) is 42.5.